The van der Waals surface area contributed by atoms with Crippen LogP contribution in [0.3, 0.4) is 0 Å². The van der Waals surface area contributed by atoms with Gasteiger partial charge in [0.25, 0.3) is 0 Å². The van der Waals surface area contributed by atoms with Crippen molar-refractivity contribution >= 4 is 17.7 Å². The molecule has 3 N–H and O–H groups in total. The standard InChI is InChI=1S/C26H24F4N4.CH3NO/c1-16-11-19(7-8-22(16)18-5-6-18)24-15-32-25-23(31-10-9-26(28,29)30)14-21(33-34(24)25)13-17-3-2-4-20(27)12-17;2-1-3/h2-4,7-8,11-12,14-15,18,31H,5-6,9-10,13H2,1H3;1H,(H2,2,3). The quantitative estimate of drug-likeness (QED) is 0.242. The van der Waals surface area contributed by atoms with Gasteiger partial charge < -0.3 is 11.1 Å². The number of alkyl halides is 3. The van der Waals surface area contributed by atoms with Crippen LogP contribution >= 0.6 is 0 Å². The zero-order valence-corrected chi connectivity index (χ0v) is 20.2. The van der Waals surface area contributed by atoms with Crippen molar-refractivity contribution < 1.29 is 22.4 Å². The Balaban J connectivity index is 0.00000102. The molecule has 0 saturated heterocycles. The molecule has 1 aliphatic rings. The van der Waals surface area contributed by atoms with Gasteiger partial charge in [0.1, 0.15) is 5.82 Å². The summed E-state index contributed by atoms with van der Waals surface area (Å²) in [6, 6.07) is 14.2. The van der Waals surface area contributed by atoms with Crippen LogP contribution < -0.4 is 11.1 Å². The van der Waals surface area contributed by atoms with Crippen LogP contribution in [-0.2, 0) is 11.2 Å². The molecule has 6 nitrogen and oxygen atoms in total. The number of nitrogens with one attached hydrogen (secondary N) is 1. The van der Waals surface area contributed by atoms with Crippen LogP contribution in [0, 0.1) is 12.7 Å². The second-order valence-corrected chi connectivity index (χ2v) is 9.01. The molecule has 2 aromatic heterocycles. The van der Waals surface area contributed by atoms with Crippen molar-refractivity contribution in [3.8, 4) is 11.3 Å². The fraction of sp³-hybridized carbons (Fsp3) is 0.296. The average Bonchev–Trinajstić information content (AvgIpc) is 3.57. The molecule has 1 saturated carbocycles. The first kappa shape index (κ1) is 26.1. The SMILES string of the molecule is Cc1cc(-c2cnc3c(NCCC(F)(F)F)cc(Cc4cccc(F)c4)nn23)ccc1C1CC1.NC=O. The van der Waals surface area contributed by atoms with Crippen LogP contribution in [0.1, 0.15) is 47.6 Å². The number of benzene rings is 2. The molecule has 0 atom stereocenters. The third kappa shape index (κ3) is 6.63. The maximum absolute atomic E-state index is 13.7. The van der Waals surface area contributed by atoms with Gasteiger partial charge in [-0.15, -0.1) is 0 Å². The predicted molar refractivity (Wildman–Crippen MR) is 134 cm³/mol. The van der Waals surface area contributed by atoms with Crippen molar-refractivity contribution in [1.82, 2.24) is 14.6 Å². The normalized spacial score (nSPS) is 13.2. The molecule has 10 heteroatoms. The Morgan fingerprint density at radius 2 is 1.92 bits per heavy atom. The molecular formula is C27H27F4N5O. The van der Waals surface area contributed by atoms with E-state index in [-0.39, 0.29) is 18.8 Å². The van der Waals surface area contributed by atoms with E-state index in [0.29, 0.717) is 29.4 Å². The van der Waals surface area contributed by atoms with Gasteiger partial charge in [-0.2, -0.15) is 18.3 Å². The number of carbonyl (C=O) groups is 1. The van der Waals surface area contributed by atoms with E-state index >= 15 is 0 Å². The number of hydrogen-bond donors (Lipinski definition) is 2. The van der Waals surface area contributed by atoms with E-state index in [2.05, 4.69) is 35.1 Å². The van der Waals surface area contributed by atoms with E-state index in [4.69, 9.17) is 9.89 Å². The highest BCUT2D eigenvalue weighted by Crippen LogP contribution is 2.42. The number of rotatable bonds is 7. The molecule has 1 aliphatic carbocycles. The van der Waals surface area contributed by atoms with E-state index in [1.807, 2.05) is 6.07 Å². The summed E-state index contributed by atoms with van der Waals surface area (Å²) in [5.74, 6) is 0.285. The van der Waals surface area contributed by atoms with Gasteiger partial charge in [-0.05, 0) is 66.6 Å². The predicted octanol–water partition coefficient (Wildman–Crippen LogP) is 5.78. The third-order valence-electron chi connectivity index (χ3n) is 6.10. The Morgan fingerprint density at radius 3 is 2.57 bits per heavy atom. The fourth-order valence-electron chi connectivity index (χ4n) is 4.31. The van der Waals surface area contributed by atoms with E-state index in [1.54, 1.807) is 28.9 Å². The minimum atomic E-state index is -4.26. The van der Waals surface area contributed by atoms with Crippen molar-refractivity contribution in [2.24, 2.45) is 5.73 Å². The number of hydrogen-bond acceptors (Lipinski definition) is 4. The monoisotopic (exact) mass is 513 g/mol. The topological polar surface area (TPSA) is 85.3 Å². The fourth-order valence-corrected chi connectivity index (χ4v) is 4.31. The summed E-state index contributed by atoms with van der Waals surface area (Å²) in [5, 5.41) is 7.60. The molecule has 0 aliphatic heterocycles. The number of fused-ring (bicyclic) bond motifs is 1. The van der Waals surface area contributed by atoms with Gasteiger partial charge in [-0.25, -0.2) is 13.9 Å². The van der Waals surface area contributed by atoms with Gasteiger partial charge in [0.2, 0.25) is 6.41 Å². The highest BCUT2D eigenvalue weighted by Gasteiger charge is 2.27. The molecule has 0 bridgehead atoms. The molecule has 4 aromatic rings. The third-order valence-corrected chi connectivity index (χ3v) is 6.10. The number of aryl methyl sites for hydroxylation is 1. The molecule has 194 valence electrons. The molecule has 2 aromatic carbocycles. The number of halogens is 4. The maximum Gasteiger partial charge on any atom is 0.390 e. The number of carbonyl (C=O) groups excluding carboxylic acids is 1. The van der Waals surface area contributed by atoms with Crippen LogP contribution in [0.15, 0.2) is 54.7 Å². The highest BCUT2D eigenvalue weighted by atomic mass is 19.4. The minimum absolute atomic E-state index is 0.250. The van der Waals surface area contributed by atoms with Crippen LogP contribution in [0.4, 0.5) is 23.2 Å². The summed E-state index contributed by atoms with van der Waals surface area (Å²) in [7, 11) is 0. The molecule has 1 amide bonds. The van der Waals surface area contributed by atoms with Gasteiger partial charge in [-0.3, -0.25) is 4.79 Å². The lowest BCUT2D eigenvalue weighted by Gasteiger charge is -2.13. The van der Waals surface area contributed by atoms with Crippen LogP contribution in [0.2, 0.25) is 0 Å². The molecule has 0 unspecified atom stereocenters. The van der Waals surface area contributed by atoms with E-state index in [0.717, 1.165) is 16.8 Å². The van der Waals surface area contributed by atoms with E-state index < -0.39 is 12.6 Å². The number of anilines is 1. The lowest BCUT2D eigenvalue weighted by molar-refractivity contribution is -0.131. The van der Waals surface area contributed by atoms with Gasteiger partial charge >= 0.3 is 6.18 Å². The molecule has 1 fully saturated rings. The summed E-state index contributed by atoms with van der Waals surface area (Å²) < 4.78 is 53.5. The number of nitrogens with zero attached hydrogens (tertiary/aromatic N) is 3. The lowest BCUT2D eigenvalue weighted by atomic mass is 10.0. The summed E-state index contributed by atoms with van der Waals surface area (Å²) in [5.41, 5.74) is 10.6. The number of aromatic nitrogens is 3. The number of imidazole rings is 1. The van der Waals surface area contributed by atoms with Gasteiger partial charge in [0.15, 0.2) is 5.65 Å². The Kier molecular flexibility index (Phi) is 7.75. The second kappa shape index (κ2) is 11.0. The summed E-state index contributed by atoms with van der Waals surface area (Å²) in [4.78, 5) is 13.1. The number of primary amides is 1. The Morgan fingerprint density at radius 1 is 1.16 bits per heavy atom. The minimum Gasteiger partial charge on any atom is -0.382 e. The Hall–Kier alpha value is -3.95. The largest absolute Gasteiger partial charge is 0.390 e. The van der Waals surface area contributed by atoms with Crippen LogP contribution in [-0.4, -0.2) is 33.7 Å². The summed E-state index contributed by atoms with van der Waals surface area (Å²) >= 11 is 0. The first-order chi connectivity index (χ1) is 17.7. The zero-order chi connectivity index (χ0) is 26.6. The van der Waals surface area contributed by atoms with E-state index in [1.165, 1.54) is 36.1 Å². The first-order valence-electron chi connectivity index (χ1n) is 11.9. The highest BCUT2D eigenvalue weighted by molar-refractivity contribution is 5.73. The van der Waals surface area contributed by atoms with Crippen molar-refractivity contribution in [2.75, 3.05) is 11.9 Å². The van der Waals surface area contributed by atoms with Gasteiger partial charge in [0.05, 0.1) is 29.7 Å². The first-order valence-corrected chi connectivity index (χ1v) is 11.9. The zero-order valence-electron chi connectivity index (χ0n) is 20.2. The summed E-state index contributed by atoms with van der Waals surface area (Å²) in [6.07, 6.45) is -0.520. The van der Waals surface area contributed by atoms with Crippen molar-refractivity contribution in [2.45, 2.75) is 44.7 Å². The van der Waals surface area contributed by atoms with Crippen molar-refractivity contribution in [3.05, 3.63) is 82.9 Å². The van der Waals surface area contributed by atoms with Crippen molar-refractivity contribution in [1.29, 1.82) is 0 Å². The van der Waals surface area contributed by atoms with Crippen LogP contribution in [0.5, 0.6) is 0 Å². The number of nitrogens with two attached hydrogens (primary N) is 1. The lowest BCUT2D eigenvalue weighted by Crippen LogP contribution is -2.15. The smallest absolute Gasteiger partial charge is 0.382 e. The molecule has 0 spiro atoms. The Labute approximate surface area is 211 Å². The average molecular weight is 514 g/mol. The van der Waals surface area contributed by atoms with Crippen LogP contribution in [0.25, 0.3) is 16.9 Å². The maximum atomic E-state index is 13.7. The van der Waals surface area contributed by atoms with Crippen molar-refractivity contribution in [3.63, 3.8) is 0 Å². The van der Waals surface area contributed by atoms with E-state index in [9.17, 15) is 17.6 Å². The molecule has 5 rings (SSSR count). The molecule has 0 radical (unpaired) electrons. The van der Waals surface area contributed by atoms with Gasteiger partial charge in [-0.1, -0.05) is 24.3 Å². The molecule has 2 heterocycles. The van der Waals surface area contributed by atoms with Gasteiger partial charge in [0, 0.05) is 18.5 Å². The summed E-state index contributed by atoms with van der Waals surface area (Å²) in [6.45, 7) is 1.81. The molecule has 37 heavy (non-hydrogen) atoms. The molecular weight excluding hydrogens is 486 g/mol. The second-order valence-electron chi connectivity index (χ2n) is 9.01. The Bertz CT molecular complexity index is 1400. The number of amides is 1.